The average Bonchev–Trinajstić information content (AvgIpc) is 3.38. The van der Waals surface area contributed by atoms with Crippen LogP contribution >= 0.6 is 0 Å². The van der Waals surface area contributed by atoms with Crippen LogP contribution in [0.3, 0.4) is 0 Å². The summed E-state index contributed by atoms with van der Waals surface area (Å²) in [6.45, 7) is 2.16. The molecular formula is C19H26N6O4S. The van der Waals surface area contributed by atoms with Crippen molar-refractivity contribution >= 4 is 33.3 Å². The van der Waals surface area contributed by atoms with Gasteiger partial charge in [0.15, 0.2) is 5.82 Å². The van der Waals surface area contributed by atoms with Gasteiger partial charge in [0, 0.05) is 50.1 Å². The van der Waals surface area contributed by atoms with Crippen LogP contribution in [0.15, 0.2) is 18.5 Å². The molecule has 4 rings (SSSR count). The summed E-state index contributed by atoms with van der Waals surface area (Å²) in [5, 5.41) is 10.6. The molecule has 0 unspecified atom stereocenters. The Bertz CT molecular complexity index is 1050. The fourth-order valence-corrected chi connectivity index (χ4v) is 5.73. The topological polar surface area (TPSA) is 121 Å². The van der Waals surface area contributed by atoms with E-state index >= 15 is 0 Å². The summed E-state index contributed by atoms with van der Waals surface area (Å²) < 4.78 is 31.7. The van der Waals surface area contributed by atoms with Gasteiger partial charge in [-0.1, -0.05) is 0 Å². The summed E-state index contributed by atoms with van der Waals surface area (Å²) in [6, 6.07) is 1.92. The molecule has 2 aromatic heterocycles. The zero-order valence-electron chi connectivity index (χ0n) is 17.3. The number of nitrogens with zero attached hydrogens (tertiary/aromatic N) is 4. The Kier molecular flexibility index (Phi) is 5.31. The third kappa shape index (κ3) is 3.81. The molecule has 1 fully saturated rings. The van der Waals surface area contributed by atoms with Crippen LogP contribution in [0.1, 0.15) is 43.4 Å². The highest BCUT2D eigenvalue weighted by Crippen LogP contribution is 2.40. The zero-order valence-corrected chi connectivity index (χ0v) is 18.1. The minimum atomic E-state index is -3.36. The second-order valence-electron chi connectivity index (χ2n) is 7.86. The summed E-state index contributed by atoms with van der Waals surface area (Å²) >= 11 is 0. The first kappa shape index (κ1) is 20.5. The number of ether oxygens (including phenoxy) is 1. The van der Waals surface area contributed by atoms with Gasteiger partial charge in [-0.15, -0.1) is 0 Å². The highest BCUT2D eigenvalue weighted by molar-refractivity contribution is 7.92. The predicted molar refractivity (Wildman–Crippen MR) is 112 cm³/mol. The van der Waals surface area contributed by atoms with Crippen LogP contribution in [-0.2, 0) is 20.5 Å². The maximum Gasteiger partial charge on any atom is 0.409 e. The van der Waals surface area contributed by atoms with Gasteiger partial charge in [0.2, 0.25) is 10.0 Å². The molecule has 2 aliphatic rings. The van der Waals surface area contributed by atoms with Crippen LogP contribution in [0.4, 0.5) is 22.0 Å². The molecule has 1 aliphatic heterocycles. The average molecular weight is 435 g/mol. The SMILES string of the molecule is CCN1c2c(cncc2Nc2cc([C@H]3CC[C@@H](OC(=O)N(C)C)C3)[nH]n2)CS1(=O)=O. The number of hydrogen-bond donors (Lipinski definition) is 2. The summed E-state index contributed by atoms with van der Waals surface area (Å²) in [5.41, 5.74) is 2.88. The molecule has 0 saturated heterocycles. The fourth-order valence-electron chi connectivity index (χ4n) is 4.08. The van der Waals surface area contributed by atoms with E-state index in [1.54, 1.807) is 26.5 Å². The molecule has 1 saturated carbocycles. The molecule has 0 spiro atoms. The quantitative estimate of drug-likeness (QED) is 0.742. The van der Waals surface area contributed by atoms with E-state index in [0.29, 0.717) is 29.3 Å². The molecule has 0 aromatic carbocycles. The Morgan fingerprint density at radius 3 is 2.90 bits per heavy atom. The standard InChI is InChI=1S/C19H26N6O4S/c1-4-25-18-13(11-30(25,27)28)9-20-10-16(18)21-17-8-15(22-23-17)12-5-6-14(7-12)29-19(26)24(2)3/h8-10,12,14H,4-7,11H2,1-3H3,(H2,21,22,23)/t12-,14+/m0/s1. The largest absolute Gasteiger partial charge is 0.446 e. The van der Waals surface area contributed by atoms with E-state index in [2.05, 4.69) is 20.5 Å². The lowest BCUT2D eigenvalue weighted by molar-refractivity contribution is 0.0770. The van der Waals surface area contributed by atoms with Crippen molar-refractivity contribution in [1.29, 1.82) is 0 Å². The van der Waals surface area contributed by atoms with Gasteiger partial charge in [-0.3, -0.25) is 14.4 Å². The number of carbonyl (C=O) groups excluding carboxylic acids is 1. The van der Waals surface area contributed by atoms with Crippen LogP contribution in [0.2, 0.25) is 0 Å². The fraction of sp³-hybridized carbons (Fsp3) is 0.526. The van der Waals surface area contributed by atoms with Crippen molar-refractivity contribution in [2.75, 3.05) is 30.3 Å². The molecule has 1 aliphatic carbocycles. The lowest BCUT2D eigenvalue weighted by atomic mass is 10.0. The number of rotatable bonds is 5. The number of nitrogens with one attached hydrogen (secondary N) is 2. The molecule has 10 nitrogen and oxygen atoms in total. The van der Waals surface area contributed by atoms with Gasteiger partial charge in [-0.2, -0.15) is 5.10 Å². The van der Waals surface area contributed by atoms with Gasteiger partial charge in [-0.05, 0) is 26.2 Å². The summed E-state index contributed by atoms with van der Waals surface area (Å²) in [4.78, 5) is 17.4. The number of aromatic nitrogens is 3. The zero-order chi connectivity index (χ0) is 21.5. The van der Waals surface area contributed by atoms with Gasteiger partial charge in [0.05, 0.1) is 23.3 Å². The lowest BCUT2D eigenvalue weighted by Crippen LogP contribution is -2.26. The van der Waals surface area contributed by atoms with E-state index in [9.17, 15) is 13.2 Å². The molecule has 0 radical (unpaired) electrons. The van der Waals surface area contributed by atoms with Gasteiger partial charge in [0.1, 0.15) is 6.10 Å². The molecule has 2 atom stereocenters. The van der Waals surface area contributed by atoms with Crippen molar-refractivity contribution in [1.82, 2.24) is 20.1 Å². The number of aromatic amines is 1. The minimum absolute atomic E-state index is 0.0420. The number of amides is 1. The molecule has 30 heavy (non-hydrogen) atoms. The van der Waals surface area contributed by atoms with E-state index in [0.717, 1.165) is 25.0 Å². The van der Waals surface area contributed by atoms with Crippen LogP contribution in [0.25, 0.3) is 0 Å². The third-order valence-electron chi connectivity index (χ3n) is 5.52. The van der Waals surface area contributed by atoms with Gasteiger partial charge >= 0.3 is 6.09 Å². The van der Waals surface area contributed by atoms with Crippen molar-refractivity contribution < 1.29 is 17.9 Å². The maximum absolute atomic E-state index is 12.4. The van der Waals surface area contributed by atoms with E-state index in [-0.39, 0.29) is 23.9 Å². The number of H-pyrrole nitrogens is 1. The highest BCUT2D eigenvalue weighted by atomic mass is 32.2. The Balaban J connectivity index is 1.47. The van der Waals surface area contributed by atoms with Crippen molar-refractivity contribution in [2.24, 2.45) is 0 Å². The highest BCUT2D eigenvalue weighted by Gasteiger charge is 2.35. The Morgan fingerprint density at radius 1 is 1.37 bits per heavy atom. The molecule has 2 N–H and O–H groups in total. The first-order chi connectivity index (χ1) is 14.3. The van der Waals surface area contributed by atoms with Crippen molar-refractivity contribution in [3.05, 3.63) is 29.7 Å². The van der Waals surface area contributed by atoms with Gasteiger partial charge < -0.3 is 15.0 Å². The second-order valence-corrected chi connectivity index (χ2v) is 9.75. The Hall–Kier alpha value is -2.82. The maximum atomic E-state index is 12.4. The van der Waals surface area contributed by atoms with E-state index in [4.69, 9.17) is 4.74 Å². The third-order valence-corrected chi connectivity index (χ3v) is 7.31. The number of anilines is 3. The number of fused-ring (bicyclic) bond motifs is 1. The van der Waals surface area contributed by atoms with Crippen LogP contribution in [-0.4, -0.2) is 61.3 Å². The van der Waals surface area contributed by atoms with Gasteiger partial charge in [0.25, 0.3) is 0 Å². The first-order valence-corrected chi connectivity index (χ1v) is 11.6. The lowest BCUT2D eigenvalue weighted by Gasteiger charge is -2.18. The van der Waals surface area contributed by atoms with Crippen LogP contribution < -0.4 is 9.62 Å². The first-order valence-electron chi connectivity index (χ1n) is 9.96. The van der Waals surface area contributed by atoms with E-state index in [1.165, 1.54) is 9.21 Å². The number of sulfonamides is 1. The monoisotopic (exact) mass is 434 g/mol. The molecule has 1 amide bonds. The number of carbonyl (C=O) groups is 1. The minimum Gasteiger partial charge on any atom is -0.446 e. The molecule has 3 heterocycles. The smallest absolute Gasteiger partial charge is 0.409 e. The van der Waals surface area contributed by atoms with Crippen LogP contribution in [0, 0.1) is 0 Å². The molecule has 11 heteroatoms. The summed E-state index contributed by atoms with van der Waals surface area (Å²) in [6.07, 6.45) is 5.23. The second kappa shape index (κ2) is 7.78. The predicted octanol–water partition coefficient (Wildman–Crippen LogP) is 2.55. The van der Waals surface area contributed by atoms with E-state index in [1.807, 2.05) is 13.0 Å². The normalized spacial score (nSPS) is 22.0. The van der Waals surface area contributed by atoms with Gasteiger partial charge in [-0.25, -0.2) is 13.2 Å². The summed E-state index contributed by atoms with van der Waals surface area (Å²) in [5.74, 6) is 0.772. The molecule has 0 bridgehead atoms. The molecule has 2 aromatic rings. The van der Waals surface area contributed by atoms with E-state index < -0.39 is 10.0 Å². The number of pyridine rings is 1. The molecular weight excluding hydrogens is 408 g/mol. The number of hydrogen-bond acceptors (Lipinski definition) is 7. The van der Waals surface area contributed by atoms with Crippen molar-refractivity contribution in [3.63, 3.8) is 0 Å². The van der Waals surface area contributed by atoms with Crippen molar-refractivity contribution in [2.45, 2.75) is 44.0 Å². The Morgan fingerprint density at radius 2 is 2.17 bits per heavy atom. The van der Waals surface area contributed by atoms with Crippen molar-refractivity contribution in [3.8, 4) is 0 Å². The summed E-state index contributed by atoms with van der Waals surface area (Å²) in [7, 11) is -0.0243. The molecule has 162 valence electrons. The van der Waals surface area contributed by atoms with Crippen LogP contribution in [0.5, 0.6) is 0 Å². The Labute approximate surface area is 175 Å².